The molecule has 13 heavy (non-hydrogen) atoms. The van der Waals surface area contributed by atoms with Crippen LogP contribution in [0, 0.1) is 0 Å². The molecule has 1 N–H and O–H groups in total. The highest BCUT2D eigenvalue weighted by molar-refractivity contribution is 7.98. The van der Waals surface area contributed by atoms with Crippen molar-refractivity contribution in [3.8, 4) is 0 Å². The predicted octanol–water partition coefficient (Wildman–Crippen LogP) is 2.99. The molecule has 0 saturated heterocycles. The molecule has 1 aromatic rings. The SMILES string of the molecule is CSc1ccc(Cl)c(CC(C)O)c1. The van der Waals surface area contributed by atoms with Crippen molar-refractivity contribution >= 4 is 23.4 Å². The number of hydrogen-bond acceptors (Lipinski definition) is 2. The number of hydrogen-bond donors (Lipinski definition) is 1. The van der Waals surface area contributed by atoms with Crippen molar-refractivity contribution in [2.24, 2.45) is 0 Å². The Morgan fingerprint density at radius 2 is 2.23 bits per heavy atom. The molecule has 3 heteroatoms. The van der Waals surface area contributed by atoms with Crippen LogP contribution in [0.5, 0.6) is 0 Å². The van der Waals surface area contributed by atoms with Crippen molar-refractivity contribution in [3.05, 3.63) is 28.8 Å². The lowest BCUT2D eigenvalue weighted by Gasteiger charge is -2.07. The maximum atomic E-state index is 9.23. The molecule has 0 spiro atoms. The lowest BCUT2D eigenvalue weighted by atomic mass is 10.1. The molecular weight excluding hydrogens is 204 g/mol. The Morgan fingerprint density at radius 1 is 1.54 bits per heavy atom. The van der Waals surface area contributed by atoms with E-state index in [1.54, 1.807) is 18.7 Å². The highest BCUT2D eigenvalue weighted by Crippen LogP contribution is 2.23. The van der Waals surface area contributed by atoms with Crippen LogP contribution in [0.25, 0.3) is 0 Å². The lowest BCUT2D eigenvalue weighted by molar-refractivity contribution is 0.195. The molecule has 0 fully saturated rings. The van der Waals surface area contributed by atoms with Crippen molar-refractivity contribution in [3.63, 3.8) is 0 Å². The molecule has 1 atom stereocenters. The monoisotopic (exact) mass is 216 g/mol. The fourth-order valence-corrected chi connectivity index (χ4v) is 1.81. The first-order valence-electron chi connectivity index (χ1n) is 4.14. The summed E-state index contributed by atoms with van der Waals surface area (Å²) in [6.45, 7) is 1.77. The van der Waals surface area contributed by atoms with E-state index in [1.165, 1.54) is 4.90 Å². The van der Waals surface area contributed by atoms with Crippen molar-refractivity contribution in [1.82, 2.24) is 0 Å². The normalized spacial score (nSPS) is 12.9. The Morgan fingerprint density at radius 3 is 2.77 bits per heavy atom. The van der Waals surface area contributed by atoms with E-state index in [1.807, 2.05) is 24.5 Å². The Labute approximate surface area is 88.1 Å². The molecule has 72 valence electrons. The van der Waals surface area contributed by atoms with Crippen LogP contribution in [0.2, 0.25) is 5.02 Å². The minimum atomic E-state index is -0.338. The van der Waals surface area contributed by atoms with Crippen LogP contribution in [-0.4, -0.2) is 17.5 Å². The van der Waals surface area contributed by atoms with Gasteiger partial charge in [-0.1, -0.05) is 11.6 Å². The highest BCUT2D eigenvalue weighted by atomic mass is 35.5. The average Bonchev–Trinajstić information content (AvgIpc) is 2.08. The zero-order chi connectivity index (χ0) is 9.84. The minimum absolute atomic E-state index is 0.338. The summed E-state index contributed by atoms with van der Waals surface area (Å²) in [5.41, 5.74) is 1.02. The summed E-state index contributed by atoms with van der Waals surface area (Å²) in [5, 5.41) is 9.96. The number of halogens is 1. The smallest absolute Gasteiger partial charge is 0.0552 e. The second-order valence-electron chi connectivity index (χ2n) is 3.01. The molecule has 0 bridgehead atoms. The van der Waals surface area contributed by atoms with E-state index in [0.29, 0.717) is 6.42 Å². The maximum Gasteiger partial charge on any atom is 0.0552 e. The Kier molecular flexibility index (Phi) is 4.10. The molecule has 1 unspecified atom stereocenters. The van der Waals surface area contributed by atoms with Gasteiger partial charge in [0, 0.05) is 9.92 Å². The second-order valence-corrected chi connectivity index (χ2v) is 4.30. The largest absolute Gasteiger partial charge is 0.393 e. The van der Waals surface area contributed by atoms with Crippen LogP contribution in [0.3, 0.4) is 0 Å². The second kappa shape index (κ2) is 4.89. The van der Waals surface area contributed by atoms with Gasteiger partial charge in [-0.2, -0.15) is 0 Å². The summed E-state index contributed by atoms with van der Waals surface area (Å²) in [5.74, 6) is 0. The van der Waals surface area contributed by atoms with Crippen molar-refractivity contribution in [1.29, 1.82) is 0 Å². The van der Waals surface area contributed by atoms with Gasteiger partial charge in [-0.3, -0.25) is 0 Å². The summed E-state index contributed by atoms with van der Waals surface area (Å²) in [4.78, 5) is 1.18. The summed E-state index contributed by atoms with van der Waals surface area (Å²) in [7, 11) is 0. The topological polar surface area (TPSA) is 20.2 Å². The average molecular weight is 217 g/mol. The van der Waals surface area contributed by atoms with Gasteiger partial charge < -0.3 is 5.11 Å². The summed E-state index contributed by atoms with van der Waals surface area (Å²) in [6.07, 6.45) is 2.30. The summed E-state index contributed by atoms with van der Waals surface area (Å²) < 4.78 is 0. The third-order valence-corrected chi connectivity index (χ3v) is 2.86. The Balaban J connectivity index is 2.90. The number of aliphatic hydroxyl groups is 1. The zero-order valence-electron chi connectivity index (χ0n) is 7.75. The molecule has 0 heterocycles. The first-order valence-corrected chi connectivity index (χ1v) is 5.74. The molecule has 0 aliphatic rings. The third kappa shape index (κ3) is 3.22. The number of thioether (sulfide) groups is 1. The zero-order valence-corrected chi connectivity index (χ0v) is 9.32. The summed E-state index contributed by atoms with van der Waals surface area (Å²) >= 11 is 7.66. The van der Waals surface area contributed by atoms with Gasteiger partial charge in [0.05, 0.1) is 6.10 Å². The number of benzene rings is 1. The first-order chi connectivity index (χ1) is 6.13. The quantitative estimate of drug-likeness (QED) is 0.784. The van der Waals surface area contributed by atoms with Crippen LogP contribution in [0.1, 0.15) is 12.5 Å². The van der Waals surface area contributed by atoms with E-state index in [0.717, 1.165) is 10.6 Å². The van der Waals surface area contributed by atoms with Gasteiger partial charge in [-0.15, -0.1) is 11.8 Å². The van der Waals surface area contributed by atoms with E-state index in [4.69, 9.17) is 11.6 Å². The molecular formula is C10H13ClOS. The summed E-state index contributed by atoms with van der Waals surface area (Å²) in [6, 6.07) is 5.89. The lowest BCUT2D eigenvalue weighted by Crippen LogP contribution is -2.04. The standard InChI is InChI=1S/C10H13ClOS/c1-7(12)5-8-6-9(13-2)3-4-10(8)11/h3-4,6-7,12H,5H2,1-2H3. The van der Waals surface area contributed by atoms with Gasteiger partial charge in [0.15, 0.2) is 0 Å². The molecule has 0 aliphatic carbocycles. The molecule has 1 aromatic carbocycles. The van der Waals surface area contributed by atoms with E-state index in [9.17, 15) is 5.11 Å². The van der Waals surface area contributed by atoms with Gasteiger partial charge in [-0.05, 0) is 43.4 Å². The molecule has 1 rings (SSSR count). The molecule has 0 saturated carbocycles. The van der Waals surface area contributed by atoms with Gasteiger partial charge in [0.25, 0.3) is 0 Å². The molecule has 0 aromatic heterocycles. The van der Waals surface area contributed by atoms with Crippen LogP contribution in [-0.2, 0) is 6.42 Å². The number of aliphatic hydroxyl groups excluding tert-OH is 1. The minimum Gasteiger partial charge on any atom is -0.393 e. The Hall–Kier alpha value is -0.180. The molecule has 0 radical (unpaired) electrons. The third-order valence-electron chi connectivity index (χ3n) is 1.77. The number of rotatable bonds is 3. The van der Waals surface area contributed by atoms with E-state index in [2.05, 4.69) is 0 Å². The highest BCUT2D eigenvalue weighted by Gasteiger charge is 2.04. The van der Waals surface area contributed by atoms with E-state index in [-0.39, 0.29) is 6.10 Å². The fourth-order valence-electron chi connectivity index (χ4n) is 1.15. The maximum absolute atomic E-state index is 9.23. The molecule has 0 amide bonds. The van der Waals surface area contributed by atoms with Gasteiger partial charge >= 0.3 is 0 Å². The first kappa shape index (κ1) is 10.9. The van der Waals surface area contributed by atoms with Crippen LogP contribution >= 0.6 is 23.4 Å². The van der Waals surface area contributed by atoms with Crippen LogP contribution < -0.4 is 0 Å². The van der Waals surface area contributed by atoms with Crippen LogP contribution in [0.4, 0.5) is 0 Å². The van der Waals surface area contributed by atoms with Crippen molar-refractivity contribution < 1.29 is 5.11 Å². The van der Waals surface area contributed by atoms with Crippen LogP contribution in [0.15, 0.2) is 23.1 Å². The fraction of sp³-hybridized carbons (Fsp3) is 0.400. The van der Waals surface area contributed by atoms with Gasteiger partial charge in [-0.25, -0.2) is 0 Å². The van der Waals surface area contributed by atoms with Crippen molar-refractivity contribution in [2.45, 2.75) is 24.3 Å². The van der Waals surface area contributed by atoms with E-state index < -0.39 is 0 Å². The van der Waals surface area contributed by atoms with E-state index >= 15 is 0 Å². The molecule has 0 aliphatic heterocycles. The predicted molar refractivity (Wildman–Crippen MR) is 58.6 cm³/mol. The molecule has 1 nitrogen and oxygen atoms in total. The van der Waals surface area contributed by atoms with Crippen molar-refractivity contribution in [2.75, 3.05) is 6.26 Å². The van der Waals surface area contributed by atoms with Gasteiger partial charge in [0.2, 0.25) is 0 Å². The Bertz CT molecular complexity index is 286. The van der Waals surface area contributed by atoms with Gasteiger partial charge in [0.1, 0.15) is 0 Å².